The molecule has 78 valence electrons. The Morgan fingerprint density at radius 2 is 2.40 bits per heavy atom. The summed E-state index contributed by atoms with van der Waals surface area (Å²) in [5, 5.41) is 12.7. The largest absolute Gasteiger partial charge is 0.476 e. The lowest BCUT2D eigenvalue weighted by Crippen LogP contribution is -1.98. The molecule has 0 aliphatic rings. The van der Waals surface area contributed by atoms with Crippen molar-refractivity contribution in [3.05, 3.63) is 29.7 Å². The topological polar surface area (TPSA) is 67.5 Å². The summed E-state index contributed by atoms with van der Waals surface area (Å²) >= 11 is 0. The summed E-state index contributed by atoms with van der Waals surface area (Å²) in [6.07, 6.45) is 5.52. The fraction of sp³-hybridized carbons (Fsp3) is 0.300. The van der Waals surface area contributed by atoms with Gasteiger partial charge in [-0.05, 0) is 12.0 Å². The van der Waals surface area contributed by atoms with E-state index in [0.717, 1.165) is 18.4 Å². The maximum absolute atomic E-state index is 10.7. The Labute approximate surface area is 86.4 Å². The second kappa shape index (κ2) is 3.68. The number of carboxylic acid groups (broad SMARTS) is 1. The zero-order chi connectivity index (χ0) is 10.8. The molecule has 0 saturated heterocycles. The van der Waals surface area contributed by atoms with E-state index < -0.39 is 5.97 Å². The van der Waals surface area contributed by atoms with Gasteiger partial charge in [0.1, 0.15) is 0 Å². The molecular weight excluding hydrogens is 194 g/mol. The molecule has 0 aromatic carbocycles. The van der Waals surface area contributed by atoms with Gasteiger partial charge < -0.3 is 5.11 Å². The van der Waals surface area contributed by atoms with Crippen LogP contribution in [0.3, 0.4) is 0 Å². The number of aromatic carboxylic acids is 1. The minimum absolute atomic E-state index is 0.0242. The van der Waals surface area contributed by atoms with Gasteiger partial charge in [0, 0.05) is 18.5 Å². The molecule has 0 unspecified atom stereocenters. The van der Waals surface area contributed by atoms with Crippen molar-refractivity contribution in [2.24, 2.45) is 0 Å². The minimum atomic E-state index is -1.03. The number of hydrogen-bond donors (Lipinski definition) is 1. The molecule has 0 saturated carbocycles. The lowest BCUT2D eigenvalue weighted by Gasteiger charge is -1.97. The van der Waals surface area contributed by atoms with Crippen LogP contribution in [0, 0.1) is 0 Å². The Balaban J connectivity index is 2.47. The monoisotopic (exact) mass is 205 g/mol. The van der Waals surface area contributed by atoms with E-state index in [0.29, 0.717) is 5.65 Å². The van der Waals surface area contributed by atoms with Crippen molar-refractivity contribution in [3.8, 4) is 0 Å². The number of aryl methyl sites for hydroxylation is 1. The number of aromatic nitrogens is 3. The van der Waals surface area contributed by atoms with Crippen molar-refractivity contribution in [1.29, 1.82) is 0 Å². The SMILES string of the molecule is CCCc1cnc2cc(C(=O)O)nn2c1. The van der Waals surface area contributed by atoms with E-state index in [1.54, 1.807) is 6.20 Å². The predicted octanol–water partition coefficient (Wildman–Crippen LogP) is 1.38. The summed E-state index contributed by atoms with van der Waals surface area (Å²) in [5.74, 6) is -1.03. The fourth-order valence-corrected chi connectivity index (χ4v) is 1.44. The van der Waals surface area contributed by atoms with Crippen molar-refractivity contribution in [2.75, 3.05) is 0 Å². The Morgan fingerprint density at radius 3 is 3.07 bits per heavy atom. The Hall–Kier alpha value is -1.91. The van der Waals surface area contributed by atoms with Crippen LogP contribution >= 0.6 is 0 Å². The predicted molar refractivity (Wildman–Crippen MR) is 53.9 cm³/mol. The van der Waals surface area contributed by atoms with Gasteiger partial charge in [-0.15, -0.1) is 0 Å². The van der Waals surface area contributed by atoms with Gasteiger partial charge in [0.15, 0.2) is 11.3 Å². The molecule has 2 aromatic rings. The molecule has 2 heterocycles. The summed E-state index contributed by atoms with van der Waals surface area (Å²) in [7, 11) is 0. The van der Waals surface area contributed by atoms with Crippen LogP contribution in [0.4, 0.5) is 0 Å². The van der Waals surface area contributed by atoms with Crippen molar-refractivity contribution in [1.82, 2.24) is 14.6 Å². The highest BCUT2D eigenvalue weighted by Gasteiger charge is 2.09. The summed E-state index contributed by atoms with van der Waals surface area (Å²) in [5.41, 5.74) is 1.65. The average molecular weight is 205 g/mol. The van der Waals surface area contributed by atoms with Gasteiger partial charge in [0.25, 0.3) is 0 Å². The maximum atomic E-state index is 10.7. The van der Waals surface area contributed by atoms with Crippen LogP contribution in [0.15, 0.2) is 18.5 Å². The van der Waals surface area contributed by atoms with E-state index >= 15 is 0 Å². The molecule has 0 aliphatic carbocycles. The van der Waals surface area contributed by atoms with Crippen LogP contribution in [-0.4, -0.2) is 25.7 Å². The molecule has 0 radical (unpaired) electrons. The molecule has 5 nitrogen and oxygen atoms in total. The molecule has 5 heteroatoms. The normalized spacial score (nSPS) is 10.7. The molecule has 0 bridgehead atoms. The molecule has 2 aromatic heterocycles. The van der Waals surface area contributed by atoms with Gasteiger partial charge in [0.05, 0.1) is 0 Å². The molecule has 1 N–H and O–H groups in total. The van der Waals surface area contributed by atoms with Crippen molar-refractivity contribution >= 4 is 11.6 Å². The van der Waals surface area contributed by atoms with Crippen LogP contribution in [0.25, 0.3) is 5.65 Å². The quantitative estimate of drug-likeness (QED) is 0.821. The Bertz CT molecular complexity index is 504. The average Bonchev–Trinajstić information content (AvgIpc) is 2.61. The first kappa shape index (κ1) is 9.64. The lowest BCUT2D eigenvalue weighted by molar-refractivity contribution is 0.0690. The molecule has 0 amide bonds. The third-order valence-corrected chi connectivity index (χ3v) is 2.12. The van der Waals surface area contributed by atoms with E-state index in [1.165, 1.54) is 10.6 Å². The van der Waals surface area contributed by atoms with Crippen LogP contribution in [0.5, 0.6) is 0 Å². The smallest absolute Gasteiger partial charge is 0.356 e. The highest BCUT2D eigenvalue weighted by molar-refractivity contribution is 5.86. The maximum Gasteiger partial charge on any atom is 0.356 e. The van der Waals surface area contributed by atoms with Crippen molar-refractivity contribution < 1.29 is 9.90 Å². The van der Waals surface area contributed by atoms with Gasteiger partial charge in [-0.2, -0.15) is 5.10 Å². The molecule has 0 spiro atoms. The van der Waals surface area contributed by atoms with Gasteiger partial charge in [-0.1, -0.05) is 13.3 Å². The number of carbonyl (C=O) groups is 1. The van der Waals surface area contributed by atoms with Gasteiger partial charge >= 0.3 is 5.97 Å². The number of rotatable bonds is 3. The van der Waals surface area contributed by atoms with Crippen LogP contribution in [-0.2, 0) is 6.42 Å². The third kappa shape index (κ3) is 1.81. The second-order valence-corrected chi connectivity index (χ2v) is 3.35. The number of carboxylic acids is 1. The molecule has 0 fully saturated rings. The van der Waals surface area contributed by atoms with Gasteiger partial charge in [-0.3, -0.25) is 0 Å². The first-order valence-electron chi connectivity index (χ1n) is 4.78. The van der Waals surface area contributed by atoms with E-state index in [2.05, 4.69) is 17.0 Å². The number of fused-ring (bicyclic) bond motifs is 1. The fourth-order valence-electron chi connectivity index (χ4n) is 1.44. The summed E-state index contributed by atoms with van der Waals surface area (Å²) < 4.78 is 1.51. The van der Waals surface area contributed by atoms with Crippen LogP contribution in [0.2, 0.25) is 0 Å². The van der Waals surface area contributed by atoms with Crippen LogP contribution in [0.1, 0.15) is 29.4 Å². The van der Waals surface area contributed by atoms with E-state index in [9.17, 15) is 4.79 Å². The van der Waals surface area contributed by atoms with E-state index in [4.69, 9.17) is 5.11 Å². The van der Waals surface area contributed by atoms with Gasteiger partial charge in [-0.25, -0.2) is 14.3 Å². The molecular formula is C10H11N3O2. The second-order valence-electron chi connectivity index (χ2n) is 3.35. The minimum Gasteiger partial charge on any atom is -0.476 e. The zero-order valence-corrected chi connectivity index (χ0v) is 8.34. The van der Waals surface area contributed by atoms with Crippen molar-refractivity contribution in [2.45, 2.75) is 19.8 Å². The number of hydrogen-bond acceptors (Lipinski definition) is 3. The molecule has 15 heavy (non-hydrogen) atoms. The lowest BCUT2D eigenvalue weighted by atomic mass is 10.2. The van der Waals surface area contributed by atoms with Gasteiger partial charge in [0.2, 0.25) is 0 Å². The van der Waals surface area contributed by atoms with E-state index in [-0.39, 0.29) is 5.69 Å². The highest BCUT2D eigenvalue weighted by atomic mass is 16.4. The van der Waals surface area contributed by atoms with E-state index in [1.807, 2.05) is 6.20 Å². The van der Waals surface area contributed by atoms with Crippen LogP contribution < -0.4 is 0 Å². The first-order chi connectivity index (χ1) is 7.20. The zero-order valence-electron chi connectivity index (χ0n) is 8.34. The van der Waals surface area contributed by atoms with Crippen molar-refractivity contribution in [3.63, 3.8) is 0 Å². The summed E-state index contributed by atoms with van der Waals surface area (Å²) in [6.45, 7) is 2.08. The highest BCUT2D eigenvalue weighted by Crippen LogP contribution is 2.07. The summed E-state index contributed by atoms with van der Waals surface area (Å²) in [6, 6.07) is 1.46. The molecule has 0 aliphatic heterocycles. The molecule has 0 atom stereocenters. The third-order valence-electron chi connectivity index (χ3n) is 2.12. The Morgan fingerprint density at radius 1 is 1.60 bits per heavy atom. The number of nitrogens with zero attached hydrogens (tertiary/aromatic N) is 3. The first-order valence-corrected chi connectivity index (χ1v) is 4.78. The summed E-state index contributed by atoms with van der Waals surface area (Å²) in [4.78, 5) is 14.8. The standard InChI is InChI=1S/C10H11N3O2/c1-2-3-7-5-11-9-4-8(10(14)15)12-13(9)6-7/h4-6H,2-3H2,1H3,(H,14,15). The Kier molecular flexibility index (Phi) is 2.37. The molecule has 2 rings (SSSR count).